The van der Waals surface area contributed by atoms with Crippen LogP contribution < -0.4 is 5.32 Å². The number of nitrogens with one attached hydrogen (secondary N) is 1. The molecule has 0 saturated heterocycles. The number of carbonyl (C=O) groups excluding carboxylic acids is 1. The van der Waals surface area contributed by atoms with E-state index in [1.54, 1.807) is 0 Å². The Morgan fingerprint density at radius 1 is 1.13 bits per heavy atom. The molecular weight excluding hydrogens is 404 g/mol. The van der Waals surface area contributed by atoms with Crippen LogP contribution in [-0.4, -0.2) is 32.0 Å². The number of hydrogen-bond donors (Lipinski definition) is 1. The fourth-order valence-electron chi connectivity index (χ4n) is 3.42. The molecule has 5 nitrogen and oxygen atoms in total. The first-order chi connectivity index (χ1) is 15.0. The van der Waals surface area contributed by atoms with Gasteiger partial charge in [-0.25, -0.2) is 0 Å². The summed E-state index contributed by atoms with van der Waals surface area (Å²) in [5.41, 5.74) is 4.56. The topological polar surface area (TPSA) is 59.8 Å². The van der Waals surface area contributed by atoms with E-state index >= 15 is 0 Å². The number of carbonyl (C=O) groups is 1. The van der Waals surface area contributed by atoms with E-state index < -0.39 is 0 Å². The fraction of sp³-hybridized carbons (Fsp3) is 0.400. The van der Waals surface area contributed by atoms with E-state index in [1.165, 1.54) is 35.7 Å². The van der Waals surface area contributed by atoms with Gasteiger partial charge in [0.1, 0.15) is 0 Å². The molecule has 1 heterocycles. The maximum absolute atomic E-state index is 12.5. The molecule has 1 unspecified atom stereocenters. The first kappa shape index (κ1) is 21.6. The van der Waals surface area contributed by atoms with Gasteiger partial charge in [-0.3, -0.25) is 9.36 Å². The molecule has 1 atom stereocenters. The van der Waals surface area contributed by atoms with Crippen molar-refractivity contribution in [2.75, 3.05) is 0 Å². The number of aryl methyl sites for hydroxylation is 2. The second-order valence-electron chi connectivity index (χ2n) is 8.32. The number of aromatic nitrogens is 3. The minimum Gasteiger partial charge on any atom is -0.352 e. The summed E-state index contributed by atoms with van der Waals surface area (Å²) >= 11 is 1.46. The average molecular weight is 435 g/mol. The van der Waals surface area contributed by atoms with Gasteiger partial charge in [0.2, 0.25) is 5.91 Å². The molecule has 3 aromatic rings. The Hall–Kier alpha value is -2.60. The maximum atomic E-state index is 12.5. The van der Waals surface area contributed by atoms with Crippen molar-refractivity contribution in [3.8, 4) is 17.1 Å². The van der Waals surface area contributed by atoms with Crippen LogP contribution in [0, 0.1) is 6.92 Å². The van der Waals surface area contributed by atoms with Crippen LogP contribution in [0.4, 0.5) is 0 Å². The second kappa shape index (κ2) is 9.69. The lowest BCUT2D eigenvalue weighted by molar-refractivity contribution is -0.120. The van der Waals surface area contributed by atoms with Crippen LogP contribution >= 0.6 is 11.8 Å². The lowest BCUT2D eigenvalue weighted by atomic mass is 10.1. The summed E-state index contributed by atoms with van der Waals surface area (Å²) in [6.45, 7) is 6.22. The smallest absolute Gasteiger partial charge is 0.233 e. The molecule has 2 aromatic carbocycles. The van der Waals surface area contributed by atoms with Gasteiger partial charge in [-0.2, -0.15) is 0 Å². The number of benzene rings is 2. The highest BCUT2D eigenvalue weighted by molar-refractivity contribution is 8.00. The molecular formula is C25H30N4OS. The van der Waals surface area contributed by atoms with E-state index in [2.05, 4.69) is 82.5 Å². The molecule has 1 saturated carbocycles. The van der Waals surface area contributed by atoms with E-state index in [0.29, 0.717) is 6.04 Å². The molecule has 0 radical (unpaired) electrons. The molecule has 6 heteroatoms. The number of amides is 1. The molecule has 4 rings (SSSR count). The van der Waals surface area contributed by atoms with Gasteiger partial charge < -0.3 is 5.32 Å². The molecule has 1 N–H and O–H groups in total. The largest absolute Gasteiger partial charge is 0.352 e. The van der Waals surface area contributed by atoms with Crippen LogP contribution in [0.1, 0.15) is 50.7 Å². The highest BCUT2D eigenvalue weighted by Crippen LogP contribution is 2.31. The normalized spacial score (nSPS) is 14.4. The van der Waals surface area contributed by atoms with Crippen molar-refractivity contribution in [2.45, 2.75) is 69.3 Å². The Morgan fingerprint density at radius 2 is 1.84 bits per heavy atom. The molecule has 1 fully saturated rings. The Balaban J connectivity index is 1.66. The molecule has 1 aliphatic carbocycles. The van der Waals surface area contributed by atoms with Crippen LogP contribution in [0.2, 0.25) is 0 Å². The van der Waals surface area contributed by atoms with Crippen molar-refractivity contribution in [1.82, 2.24) is 20.1 Å². The zero-order valence-corrected chi connectivity index (χ0v) is 19.3. The highest BCUT2D eigenvalue weighted by atomic mass is 32.2. The Kier molecular flexibility index (Phi) is 6.76. The monoisotopic (exact) mass is 434 g/mol. The third kappa shape index (κ3) is 5.37. The molecule has 1 aliphatic rings. The van der Waals surface area contributed by atoms with Crippen molar-refractivity contribution in [3.63, 3.8) is 0 Å². The van der Waals surface area contributed by atoms with Gasteiger partial charge in [-0.15, -0.1) is 10.2 Å². The van der Waals surface area contributed by atoms with Crippen LogP contribution in [0.5, 0.6) is 0 Å². The molecule has 0 bridgehead atoms. The van der Waals surface area contributed by atoms with E-state index in [-0.39, 0.29) is 11.2 Å². The van der Waals surface area contributed by atoms with Gasteiger partial charge in [-0.1, -0.05) is 67.1 Å². The minimum absolute atomic E-state index is 0.0637. The van der Waals surface area contributed by atoms with Gasteiger partial charge >= 0.3 is 0 Å². The zero-order chi connectivity index (χ0) is 21.8. The summed E-state index contributed by atoms with van der Waals surface area (Å²) in [7, 11) is 0. The second-order valence-corrected chi connectivity index (χ2v) is 9.63. The minimum atomic E-state index is -0.238. The summed E-state index contributed by atoms with van der Waals surface area (Å²) in [5, 5.41) is 12.6. The first-order valence-corrected chi connectivity index (χ1v) is 12.0. The third-order valence-corrected chi connectivity index (χ3v) is 6.57. The molecule has 162 valence electrons. The summed E-state index contributed by atoms with van der Waals surface area (Å²) in [6.07, 6.45) is 5.63. The van der Waals surface area contributed by atoms with Crippen LogP contribution in [-0.2, 0) is 11.2 Å². The van der Waals surface area contributed by atoms with Crippen LogP contribution in [0.3, 0.4) is 0 Å². The van der Waals surface area contributed by atoms with E-state index in [9.17, 15) is 4.79 Å². The number of thioether (sulfide) groups is 1. The van der Waals surface area contributed by atoms with Gasteiger partial charge in [0.15, 0.2) is 11.0 Å². The molecule has 1 amide bonds. The van der Waals surface area contributed by atoms with Crippen molar-refractivity contribution < 1.29 is 4.79 Å². The van der Waals surface area contributed by atoms with Crippen LogP contribution in [0.25, 0.3) is 17.1 Å². The van der Waals surface area contributed by atoms with Gasteiger partial charge in [-0.05, 0) is 57.2 Å². The van der Waals surface area contributed by atoms with Gasteiger partial charge in [0.25, 0.3) is 0 Å². The van der Waals surface area contributed by atoms with E-state index in [4.69, 9.17) is 0 Å². The summed E-state index contributed by atoms with van der Waals surface area (Å²) < 4.78 is 2.07. The van der Waals surface area contributed by atoms with Gasteiger partial charge in [0.05, 0.1) is 5.25 Å². The van der Waals surface area contributed by atoms with Crippen molar-refractivity contribution >= 4 is 17.7 Å². The third-order valence-electron chi connectivity index (χ3n) is 5.53. The van der Waals surface area contributed by atoms with Crippen molar-refractivity contribution in [3.05, 3.63) is 59.7 Å². The van der Waals surface area contributed by atoms with E-state index in [0.717, 1.165) is 41.5 Å². The Bertz CT molecular complexity index is 1020. The Labute approximate surface area is 188 Å². The average Bonchev–Trinajstić information content (AvgIpc) is 3.50. The maximum Gasteiger partial charge on any atom is 0.233 e. The SMILES string of the molecule is CCCCc1ccc(-n2c(SC(C)C(=O)NC3CC3)nnc2-c2ccc(C)cc2)cc1. The van der Waals surface area contributed by atoms with Crippen molar-refractivity contribution in [2.24, 2.45) is 0 Å². The molecule has 0 spiro atoms. The van der Waals surface area contributed by atoms with Crippen molar-refractivity contribution in [1.29, 1.82) is 0 Å². The van der Waals surface area contributed by atoms with Crippen LogP contribution in [0.15, 0.2) is 53.7 Å². The first-order valence-electron chi connectivity index (χ1n) is 11.1. The summed E-state index contributed by atoms with van der Waals surface area (Å²) in [5.74, 6) is 0.854. The summed E-state index contributed by atoms with van der Waals surface area (Å²) in [4.78, 5) is 12.5. The fourth-order valence-corrected chi connectivity index (χ4v) is 4.30. The lowest BCUT2D eigenvalue weighted by Gasteiger charge is -2.14. The predicted molar refractivity (Wildman–Crippen MR) is 127 cm³/mol. The highest BCUT2D eigenvalue weighted by Gasteiger charge is 2.27. The zero-order valence-electron chi connectivity index (χ0n) is 18.5. The number of rotatable bonds is 9. The van der Waals surface area contributed by atoms with E-state index in [1.807, 2.05) is 6.92 Å². The molecule has 0 aliphatic heterocycles. The van der Waals surface area contributed by atoms with Gasteiger partial charge in [0, 0.05) is 17.3 Å². The molecule has 31 heavy (non-hydrogen) atoms. The number of nitrogens with zero attached hydrogens (tertiary/aromatic N) is 3. The predicted octanol–water partition coefficient (Wildman–Crippen LogP) is 5.34. The standard InChI is InChI=1S/C25H30N4OS/c1-4-5-6-19-9-15-22(16-10-19)29-23(20-11-7-17(2)8-12-20)27-28-25(29)31-18(3)24(30)26-21-13-14-21/h7-12,15-16,18,21H,4-6,13-14H2,1-3H3,(H,26,30). The summed E-state index contributed by atoms with van der Waals surface area (Å²) in [6, 6.07) is 17.3. The number of hydrogen-bond acceptors (Lipinski definition) is 4. The Morgan fingerprint density at radius 3 is 2.48 bits per heavy atom. The lowest BCUT2D eigenvalue weighted by Crippen LogP contribution is -2.32. The quantitative estimate of drug-likeness (QED) is 0.462. The molecule has 1 aromatic heterocycles. The number of unbranched alkanes of at least 4 members (excludes halogenated alkanes) is 1.